The summed E-state index contributed by atoms with van der Waals surface area (Å²) < 4.78 is 24.6. The van der Waals surface area contributed by atoms with Crippen LogP contribution in [0.2, 0.25) is 0 Å². The van der Waals surface area contributed by atoms with Gasteiger partial charge in [-0.25, -0.2) is 9.78 Å². The first-order chi connectivity index (χ1) is 26.9. The lowest BCUT2D eigenvalue weighted by Crippen LogP contribution is -2.40. The molecular weight excluding hydrogens is 693 g/mol. The molecule has 0 aromatic carbocycles. The van der Waals surface area contributed by atoms with Gasteiger partial charge in [-0.2, -0.15) is 0 Å². The van der Waals surface area contributed by atoms with E-state index in [9.17, 15) is 14.4 Å². The number of carbonyl (C=O) groups is 3. The summed E-state index contributed by atoms with van der Waals surface area (Å²) in [6.45, 7) is 4.39. The largest absolute Gasteiger partial charge is 0.458 e. The second kappa shape index (κ2) is 32.8. The molecule has 0 amide bonds. The lowest BCUT2D eigenvalue weighted by molar-refractivity contribution is -0.166. The van der Waals surface area contributed by atoms with E-state index in [0.717, 1.165) is 89.9 Å². The zero-order valence-electron chi connectivity index (χ0n) is 34.6. The van der Waals surface area contributed by atoms with E-state index in [-0.39, 0.29) is 37.3 Å². The van der Waals surface area contributed by atoms with Gasteiger partial charge in [0.2, 0.25) is 0 Å². The van der Waals surface area contributed by atoms with Crippen LogP contribution in [0.5, 0.6) is 0 Å². The number of esters is 3. The lowest BCUT2D eigenvalue weighted by atomic mass is 10.1. The van der Waals surface area contributed by atoms with Gasteiger partial charge in [-0.3, -0.25) is 9.59 Å². The highest BCUT2D eigenvalue weighted by Gasteiger charge is 2.43. The smallest absolute Gasteiger partial charge is 0.358 e. The van der Waals surface area contributed by atoms with Crippen molar-refractivity contribution in [2.24, 2.45) is 7.05 Å². The van der Waals surface area contributed by atoms with Crippen molar-refractivity contribution in [3.63, 3.8) is 0 Å². The number of ether oxygens (including phenoxy) is 4. The van der Waals surface area contributed by atoms with Crippen molar-refractivity contribution < 1.29 is 33.3 Å². The van der Waals surface area contributed by atoms with Crippen LogP contribution in [0.15, 0.2) is 61.1 Å². The van der Waals surface area contributed by atoms with E-state index < -0.39 is 24.3 Å². The molecule has 1 fully saturated rings. The average molecular weight is 767 g/mol. The Morgan fingerprint density at radius 1 is 0.673 bits per heavy atom. The molecule has 0 aliphatic carbocycles. The van der Waals surface area contributed by atoms with Crippen LogP contribution >= 0.6 is 0 Å². The zero-order valence-corrected chi connectivity index (χ0v) is 34.6. The van der Waals surface area contributed by atoms with Crippen LogP contribution in [0.1, 0.15) is 178 Å². The van der Waals surface area contributed by atoms with E-state index in [1.807, 2.05) is 0 Å². The topological polar surface area (TPSA) is 106 Å². The van der Waals surface area contributed by atoms with Crippen molar-refractivity contribution in [3.8, 4) is 0 Å². The minimum atomic E-state index is -0.851. The van der Waals surface area contributed by atoms with Gasteiger partial charge in [0.1, 0.15) is 12.7 Å². The van der Waals surface area contributed by atoms with Crippen molar-refractivity contribution in [1.82, 2.24) is 9.55 Å². The van der Waals surface area contributed by atoms with Crippen molar-refractivity contribution in [2.45, 2.75) is 186 Å². The van der Waals surface area contributed by atoms with Crippen molar-refractivity contribution in [2.75, 3.05) is 13.2 Å². The maximum absolute atomic E-state index is 12.9. The molecule has 310 valence electrons. The maximum Gasteiger partial charge on any atom is 0.358 e. The third-order valence-corrected chi connectivity index (χ3v) is 9.71. The predicted molar refractivity (Wildman–Crippen MR) is 222 cm³/mol. The summed E-state index contributed by atoms with van der Waals surface area (Å²) >= 11 is 0. The van der Waals surface area contributed by atoms with Crippen LogP contribution < -0.4 is 0 Å². The first-order valence-corrected chi connectivity index (χ1v) is 21.7. The molecule has 1 aliphatic heterocycles. The molecule has 3 atom stereocenters. The summed E-state index contributed by atoms with van der Waals surface area (Å²) in [6.07, 6.45) is 43.7. The molecule has 1 aromatic rings. The van der Waals surface area contributed by atoms with Gasteiger partial charge < -0.3 is 23.5 Å². The highest BCUT2D eigenvalue weighted by Crippen LogP contribution is 2.24. The Balaban J connectivity index is 1.68. The van der Waals surface area contributed by atoms with Crippen LogP contribution in [0.4, 0.5) is 0 Å². The first kappa shape index (κ1) is 47.7. The quantitative estimate of drug-likeness (QED) is 0.0301. The predicted octanol–water partition coefficient (Wildman–Crippen LogP) is 11.4. The van der Waals surface area contributed by atoms with Gasteiger partial charge in [-0.1, -0.05) is 127 Å². The van der Waals surface area contributed by atoms with E-state index in [2.05, 4.69) is 67.4 Å². The molecule has 1 saturated heterocycles. The minimum absolute atomic E-state index is 0.0708. The minimum Gasteiger partial charge on any atom is -0.458 e. The van der Waals surface area contributed by atoms with Gasteiger partial charge in [-0.15, -0.1) is 0 Å². The van der Waals surface area contributed by atoms with Gasteiger partial charge in [0.05, 0.1) is 12.9 Å². The van der Waals surface area contributed by atoms with Crippen LogP contribution in [0.3, 0.4) is 0 Å². The van der Waals surface area contributed by atoms with Gasteiger partial charge in [-0.05, 0) is 77.0 Å². The third kappa shape index (κ3) is 24.6. The second-order valence-corrected chi connectivity index (χ2v) is 14.8. The number of imidazole rings is 1. The molecule has 2 heterocycles. The van der Waals surface area contributed by atoms with E-state index in [1.165, 1.54) is 57.7 Å². The Labute approximate surface area is 333 Å². The zero-order chi connectivity index (χ0) is 39.6. The van der Waals surface area contributed by atoms with Crippen molar-refractivity contribution >= 4 is 17.9 Å². The van der Waals surface area contributed by atoms with Gasteiger partial charge in [0.25, 0.3) is 0 Å². The number of aromatic nitrogens is 2. The molecule has 0 radical (unpaired) electrons. The van der Waals surface area contributed by atoms with E-state index in [0.29, 0.717) is 6.42 Å². The van der Waals surface area contributed by atoms with Gasteiger partial charge in [0.15, 0.2) is 17.9 Å². The van der Waals surface area contributed by atoms with Gasteiger partial charge >= 0.3 is 17.9 Å². The highest BCUT2D eigenvalue weighted by atomic mass is 16.6. The van der Waals surface area contributed by atoms with Crippen molar-refractivity contribution in [3.05, 3.63) is 66.8 Å². The fraction of sp³-hybridized carbons (Fsp3) is 0.696. The summed E-state index contributed by atoms with van der Waals surface area (Å²) in [5.74, 6) is -1.29. The fourth-order valence-corrected chi connectivity index (χ4v) is 6.39. The summed E-state index contributed by atoms with van der Waals surface area (Å²) in [4.78, 5) is 42.3. The third-order valence-electron chi connectivity index (χ3n) is 9.71. The number of allylic oxidation sites excluding steroid dienone is 8. The maximum atomic E-state index is 12.9. The highest BCUT2D eigenvalue weighted by molar-refractivity contribution is 5.86. The van der Waals surface area contributed by atoms with Crippen LogP contribution in [0.25, 0.3) is 0 Å². The SMILES string of the molecule is CCCCC/C=C\C/C=C\CCCCCCCC(=O)O[C@@H]1[C@@H](OC(=O)CCCCCCC/C=C\C/C=C\CCCCC)CO[C@@H]1COC(=O)c1cn(C)cn1. The number of hydrogen-bond donors (Lipinski definition) is 0. The molecule has 0 spiro atoms. The summed E-state index contributed by atoms with van der Waals surface area (Å²) in [7, 11) is 1.77. The monoisotopic (exact) mass is 767 g/mol. The van der Waals surface area contributed by atoms with Crippen LogP contribution in [-0.4, -0.2) is 59.0 Å². The standard InChI is InChI=1S/C46H74N2O7/c1-4-6-8-10-12-14-16-18-20-22-24-26-28-30-32-34-43(49)54-42-38-52-41(37-53-46(51)40-36-48(3)39-47-40)45(42)55-44(50)35-33-31-29-27-25-23-21-19-17-15-13-11-9-7-5-2/h12-15,18-21,36,39,41-42,45H,4-11,16-17,22-35,37-38H2,1-3H3/b14-12-,15-13-,20-18-,21-19-/t41-,42+,45+/m1/s1. The Morgan fingerprint density at radius 2 is 1.15 bits per heavy atom. The number of unbranched alkanes of at least 4 members (excludes halogenated alkanes) is 16. The summed E-state index contributed by atoms with van der Waals surface area (Å²) in [5.41, 5.74) is 0.177. The Kier molecular flexibility index (Phi) is 28.4. The molecule has 9 heteroatoms. The fourth-order valence-electron chi connectivity index (χ4n) is 6.39. The number of carbonyl (C=O) groups excluding carboxylic acids is 3. The number of rotatable bonds is 33. The Hall–Kier alpha value is -3.46. The normalized spacial score (nSPS) is 17.3. The summed E-state index contributed by atoms with van der Waals surface area (Å²) in [6, 6.07) is 0. The molecule has 0 saturated carbocycles. The molecule has 1 aromatic heterocycles. The molecule has 9 nitrogen and oxygen atoms in total. The van der Waals surface area contributed by atoms with Crippen molar-refractivity contribution in [1.29, 1.82) is 0 Å². The molecule has 2 rings (SSSR count). The van der Waals surface area contributed by atoms with Gasteiger partial charge in [0, 0.05) is 26.1 Å². The second-order valence-electron chi connectivity index (χ2n) is 14.8. The van der Waals surface area contributed by atoms with E-state index in [4.69, 9.17) is 18.9 Å². The molecular formula is C46H74N2O7. The number of hydrogen-bond acceptors (Lipinski definition) is 8. The van der Waals surface area contributed by atoms with Crippen LogP contribution in [-0.2, 0) is 35.6 Å². The average Bonchev–Trinajstić information content (AvgIpc) is 3.78. The molecule has 0 unspecified atom stereocenters. The van der Waals surface area contributed by atoms with E-state index in [1.54, 1.807) is 17.8 Å². The number of nitrogens with zero attached hydrogens (tertiary/aromatic N) is 2. The Bertz CT molecular complexity index is 1270. The number of aryl methyl sites for hydroxylation is 1. The molecule has 0 N–H and O–H groups in total. The molecule has 55 heavy (non-hydrogen) atoms. The van der Waals surface area contributed by atoms with Crippen LogP contribution in [0, 0.1) is 0 Å². The molecule has 0 bridgehead atoms. The summed E-state index contributed by atoms with van der Waals surface area (Å²) in [5, 5.41) is 0. The lowest BCUT2D eigenvalue weighted by Gasteiger charge is -2.23. The first-order valence-electron chi connectivity index (χ1n) is 21.7. The van der Waals surface area contributed by atoms with E-state index >= 15 is 0 Å². The molecule has 1 aliphatic rings. The Morgan fingerprint density at radius 3 is 1.64 bits per heavy atom.